The SMILES string of the molecule is Cc1ccc(S(=O)(=O)n2ccc3c(Br)cncc32)cc1. The van der Waals surface area contributed by atoms with E-state index in [0.29, 0.717) is 5.52 Å². The second-order valence-corrected chi connectivity index (χ2v) is 7.15. The molecule has 0 atom stereocenters. The van der Waals surface area contributed by atoms with Crippen molar-refractivity contribution in [3.8, 4) is 0 Å². The molecule has 4 nitrogen and oxygen atoms in total. The number of rotatable bonds is 2. The van der Waals surface area contributed by atoms with Gasteiger partial charge in [-0.2, -0.15) is 0 Å². The summed E-state index contributed by atoms with van der Waals surface area (Å²) in [4.78, 5) is 4.30. The number of hydrogen-bond acceptors (Lipinski definition) is 3. The highest BCUT2D eigenvalue weighted by Crippen LogP contribution is 2.26. The van der Waals surface area contributed by atoms with Crippen LogP contribution >= 0.6 is 15.9 Å². The zero-order valence-electron chi connectivity index (χ0n) is 10.6. The lowest BCUT2D eigenvalue weighted by atomic mass is 10.2. The predicted molar refractivity (Wildman–Crippen MR) is 81.2 cm³/mol. The first-order chi connectivity index (χ1) is 9.50. The second kappa shape index (κ2) is 4.71. The zero-order valence-corrected chi connectivity index (χ0v) is 13.0. The Balaban J connectivity index is 2.24. The van der Waals surface area contributed by atoms with E-state index in [0.717, 1.165) is 15.4 Å². The molecule has 0 spiro atoms. The summed E-state index contributed by atoms with van der Waals surface area (Å²) in [6.07, 6.45) is 4.74. The van der Waals surface area contributed by atoms with Crippen LogP contribution in [0, 0.1) is 6.92 Å². The van der Waals surface area contributed by atoms with Gasteiger partial charge in [0.05, 0.1) is 16.6 Å². The fourth-order valence-corrected chi connectivity index (χ4v) is 3.82. The lowest BCUT2D eigenvalue weighted by molar-refractivity contribution is 0.589. The lowest BCUT2D eigenvalue weighted by Gasteiger charge is -2.07. The van der Waals surface area contributed by atoms with Crippen LogP contribution in [0.5, 0.6) is 0 Å². The smallest absolute Gasteiger partial charge is 0.261 e. The number of aromatic nitrogens is 2. The van der Waals surface area contributed by atoms with Crippen LogP contribution in [0.1, 0.15) is 5.56 Å². The van der Waals surface area contributed by atoms with Gasteiger partial charge in [-0.25, -0.2) is 12.4 Å². The van der Waals surface area contributed by atoms with Crippen molar-refractivity contribution >= 4 is 36.9 Å². The normalized spacial score (nSPS) is 11.9. The van der Waals surface area contributed by atoms with Gasteiger partial charge in [-0.3, -0.25) is 4.98 Å². The van der Waals surface area contributed by atoms with Gasteiger partial charge in [0.1, 0.15) is 0 Å². The van der Waals surface area contributed by atoms with Gasteiger partial charge in [0.15, 0.2) is 0 Å². The molecular weight excluding hydrogens is 340 g/mol. The molecule has 0 aliphatic heterocycles. The Morgan fingerprint density at radius 2 is 1.80 bits per heavy atom. The van der Waals surface area contributed by atoms with Crippen LogP contribution in [0.3, 0.4) is 0 Å². The van der Waals surface area contributed by atoms with Crippen LogP contribution < -0.4 is 0 Å². The first-order valence-corrected chi connectivity index (χ1v) is 8.16. The summed E-state index contributed by atoms with van der Waals surface area (Å²) in [6, 6.07) is 8.55. The molecular formula is C14H11BrN2O2S. The number of pyridine rings is 1. The van der Waals surface area contributed by atoms with E-state index in [1.165, 1.54) is 3.97 Å². The topological polar surface area (TPSA) is 52.0 Å². The van der Waals surface area contributed by atoms with Crippen molar-refractivity contribution in [1.82, 2.24) is 8.96 Å². The van der Waals surface area contributed by atoms with E-state index in [2.05, 4.69) is 20.9 Å². The van der Waals surface area contributed by atoms with Gasteiger partial charge in [-0.05, 0) is 41.1 Å². The van der Waals surface area contributed by atoms with Gasteiger partial charge in [0, 0.05) is 22.3 Å². The fraction of sp³-hybridized carbons (Fsp3) is 0.0714. The van der Waals surface area contributed by atoms with E-state index in [-0.39, 0.29) is 4.90 Å². The third-order valence-electron chi connectivity index (χ3n) is 3.11. The summed E-state index contributed by atoms with van der Waals surface area (Å²) < 4.78 is 27.3. The van der Waals surface area contributed by atoms with Crippen molar-refractivity contribution < 1.29 is 8.42 Å². The minimum atomic E-state index is -3.60. The van der Waals surface area contributed by atoms with E-state index in [4.69, 9.17) is 0 Å². The molecule has 0 saturated carbocycles. The van der Waals surface area contributed by atoms with Crippen molar-refractivity contribution in [3.05, 3.63) is 59.0 Å². The first kappa shape index (κ1) is 13.3. The Labute approximate surface area is 125 Å². The van der Waals surface area contributed by atoms with E-state index in [1.54, 1.807) is 48.9 Å². The Bertz CT molecular complexity index is 883. The molecule has 0 amide bonds. The molecule has 0 fully saturated rings. The monoisotopic (exact) mass is 350 g/mol. The molecule has 3 rings (SSSR count). The standard InChI is InChI=1S/C14H11BrN2O2S/c1-10-2-4-11(5-3-10)20(18,19)17-7-6-12-13(15)8-16-9-14(12)17/h2-9H,1H3. The maximum Gasteiger partial charge on any atom is 0.268 e. The average Bonchev–Trinajstić information content (AvgIpc) is 2.85. The van der Waals surface area contributed by atoms with Crippen LogP contribution in [-0.4, -0.2) is 17.4 Å². The molecule has 6 heteroatoms. The summed E-state index contributed by atoms with van der Waals surface area (Å²) in [5.41, 5.74) is 1.57. The number of nitrogens with zero attached hydrogens (tertiary/aromatic N) is 2. The number of aryl methyl sites for hydroxylation is 1. The van der Waals surface area contributed by atoms with E-state index < -0.39 is 10.0 Å². The maximum atomic E-state index is 12.7. The highest BCUT2D eigenvalue weighted by molar-refractivity contribution is 9.10. The summed E-state index contributed by atoms with van der Waals surface area (Å²) >= 11 is 3.37. The van der Waals surface area contributed by atoms with Crippen LogP contribution in [0.25, 0.3) is 10.9 Å². The van der Waals surface area contributed by atoms with Crippen LogP contribution in [-0.2, 0) is 10.0 Å². The molecule has 0 unspecified atom stereocenters. The lowest BCUT2D eigenvalue weighted by Crippen LogP contribution is -2.11. The second-order valence-electron chi connectivity index (χ2n) is 4.48. The molecule has 102 valence electrons. The summed E-state index contributed by atoms with van der Waals surface area (Å²) in [5, 5.41) is 0.815. The molecule has 20 heavy (non-hydrogen) atoms. The number of hydrogen-bond donors (Lipinski definition) is 0. The Morgan fingerprint density at radius 3 is 2.50 bits per heavy atom. The zero-order chi connectivity index (χ0) is 14.3. The molecule has 0 aliphatic rings. The third kappa shape index (κ3) is 2.05. The molecule has 0 saturated heterocycles. The Kier molecular flexibility index (Phi) is 3.14. The van der Waals surface area contributed by atoms with Gasteiger partial charge < -0.3 is 0 Å². The van der Waals surface area contributed by atoms with E-state index in [9.17, 15) is 8.42 Å². The third-order valence-corrected chi connectivity index (χ3v) is 5.45. The molecule has 2 aromatic heterocycles. The van der Waals surface area contributed by atoms with Crippen LogP contribution in [0.15, 0.2) is 58.3 Å². The van der Waals surface area contributed by atoms with Gasteiger partial charge in [-0.1, -0.05) is 17.7 Å². The molecule has 0 bridgehead atoms. The van der Waals surface area contributed by atoms with Crippen LogP contribution in [0.4, 0.5) is 0 Å². The maximum absolute atomic E-state index is 12.7. The Morgan fingerprint density at radius 1 is 1.10 bits per heavy atom. The van der Waals surface area contributed by atoms with Crippen molar-refractivity contribution in [1.29, 1.82) is 0 Å². The molecule has 3 aromatic rings. The summed E-state index contributed by atoms with van der Waals surface area (Å²) in [5.74, 6) is 0. The number of halogens is 1. The highest BCUT2D eigenvalue weighted by atomic mass is 79.9. The quantitative estimate of drug-likeness (QED) is 0.712. The summed E-state index contributed by atoms with van der Waals surface area (Å²) in [6.45, 7) is 1.92. The molecule has 0 radical (unpaired) electrons. The van der Waals surface area contributed by atoms with Crippen molar-refractivity contribution in [2.75, 3.05) is 0 Å². The van der Waals surface area contributed by atoms with Gasteiger partial charge >= 0.3 is 0 Å². The fourth-order valence-electron chi connectivity index (χ4n) is 2.03. The number of fused-ring (bicyclic) bond motifs is 1. The van der Waals surface area contributed by atoms with Gasteiger partial charge in [-0.15, -0.1) is 0 Å². The first-order valence-electron chi connectivity index (χ1n) is 5.93. The van der Waals surface area contributed by atoms with Crippen molar-refractivity contribution in [2.45, 2.75) is 11.8 Å². The largest absolute Gasteiger partial charge is 0.268 e. The van der Waals surface area contributed by atoms with Gasteiger partial charge in [0.25, 0.3) is 10.0 Å². The molecule has 0 aliphatic carbocycles. The van der Waals surface area contributed by atoms with E-state index in [1.807, 2.05) is 6.92 Å². The molecule has 0 N–H and O–H groups in total. The minimum Gasteiger partial charge on any atom is -0.261 e. The average molecular weight is 351 g/mol. The van der Waals surface area contributed by atoms with Crippen LogP contribution in [0.2, 0.25) is 0 Å². The van der Waals surface area contributed by atoms with Crippen molar-refractivity contribution in [3.63, 3.8) is 0 Å². The predicted octanol–water partition coefficient (Wildman–Crippen LogP) is 3.34. The Hall–Kier alpha value is -1.66. The molecule has 1 aromatic carbocycles. The highest BCUT2D eigenvalue weighted by Gasteiger charge is 2.19. The minimum absolute atomic E-state index is 0.264. The van der Waals surface area contributed by atoms with E-state index >= 15 is 0 Å². The van der Waals surface area contributed by atoms with Gasteiger partial charge in [0.2, 0.25) is 0 Å². The van der Waals surface area contributed by atoms with Crippen molar-refractivity contribution in [2.24, 2.45) is 0 Å². The molecule has 2 heterocycles. The number of benzene rings is 1. The summed E-state index contributed by atoms with van der Waals surface area (Å²) in [7, 11) is -3.60.